The highest BCUT2D eigenvalue weighted by atomic mass is 16.1. The molecule has 2 aliphatic rings. The van der Waals surface area contributed by atoms with E-state index in [0.29, 0.717) is 17.9 Å². The molecule has 2 aromatic rings. The van der Waals surface area contributed by atoms with Gasteiger partial charge in [-0.3, -0.25) is 9.78 Å². The van der Waals surface area contributed by atoms with E-state index in [4.69, 9.17) is 0 Å². The van der Waals surface area contributed by atoms with Crippen LogP contribution >= 0.6 is 0 Å². The van der Waals surface area contributed by atoms with Gasteiger partial charge in [0.2, 0.25) is 5.91 Å². The number of nitrogens with zero attached hydrogens (tertiary/aromatic N) is 1. The van der Waals surface area contributed by atoms with Crippen LogP contribution in [-0.4, -0.2) is 16.9 Å². The van der Waals surface area contributed by atoms with Crippen molar-refractivity contribution in [2.75, 3.05) is 0 Å². The fourth-order valence-electron chi connectivity index (χ4n) is 5.10. The van der Waals surface area contributed by atoms with Gasteiger partial charge in [-0.1, -0.05) is 25.1 Å². The number of rotatable bonds is 4. The molecular formula is C24H32N2O. The molecule has 0 bridgehead atoms. The van der Waals surface area contributed by atoms with Gasteiger partial charge in [0.25, 0.3) is 0 Å². The molecule has 1 heterocycles. The van der Waals surface area contributed by atoms with Crippen LogP contribution in [0.5, 0.6) is 0 Å². The molecule has 0 aliphatic heterocycles. The average molecular weight is 365 g/mol. The summed E-state index contributed by atoms with van der Waals surface area (Å²) in [6.07, 6.45) is 12.2. The molecule has 1 aromatic heterocycles. The van der Waals surface area contributed by atoms with Gasteiger partial charge in [-0.25, -0.2) is 0 Å². The van der Waals surface area contributed by atoms with Crippen LogP contribution in [0.3, 0.4) is 0 Å². The van der Waals surface area contributed by atoms with Crippen molar-refractivity contribution >= 4 is 16.8 Å². The number of nitrogens with one attached hydrogen (secondary N) is 1. The minimum atomic E-state index is 0.285. The first-order valence-electron chi connectivity index (χ1n) is 10.8. The highest BCUT2D eigenvalue weighted by molar-refractivity contribution is 5.82. The van der Waals surface area contributed by atoms with Gasteiger partial charge < -0.3 is 5.32 Å². The third-order valence-electron chi connectivity index (χ3n) is 6.82. The van der Waals surface area contributed by atoms with Crippen LogP contribution in [0.25, 0.3) is 10.9 Å². The van der Waals surface area contributed by atoms with E-state index in [1.54, 1.807) is 0 Å². The molecule has 0 saturated heterocycles. The highest BCUT2D eigenvalue weighted by Gasteiger charge is 2.26. The molecule has 4 rings (SSSR count). The van der Waals surface area contributed by atoms with Crippen LogP contribution in [0.1, 0.15) is 76.2 Å². The monoisotopic (exact) mass is 364 g/mol. The van der Waals surface area contributed by atoms with Crippen molar-refractivity contribution in [1.82, 2.24) is 10.3 Å². The van der Waals surface area contributed by atoms with E-state index in [1.807, 2.05) is 6.20 Å². The first kappa shape index (κ1) is 18.5. The van der Waals surface area contributed by atoms with Gasteiger partial charge in [-0.2, -0.15) is 0 Å². The standard InChI is InChI=1S/C24H32N2O/c1-17-6-12-20(13-7-17)26-24(27)16-18-8-10-19(11-9-18)21-14-15-25-23-5-3-2-4-22(21)23/h2-5,14-15,17-20H,6-13,16H2,1H3,(H,26,27). The summed E-state index contributed by atoms with van der Waals surface area (Å²) in [7, 11) is 0. The van der Waals surface area contributed by atoms with Crippen LogP contribution in [0.4, 0.5) is 0 Å². The number of aromatic nitrogens is 1. The Balaban J connectivity index is 1.29. The maximum atomic E-state index is 12.5. The van der Waals surface area contributed by atoms with Gasteiger partial charge in [0.1, 0.15) is 0 Å². The van der Waals surface area contributed by atoms with Gasteiger partial charge in [-0.15, -0.1) is 0 Å². The molecule has 3 heteroatoms. The first-order valence-corrected chi connectivity index (χ1v) is 10.8. The summed E-state index contributed by atoms with van der Waals surface area (Å²) in [6, 6.07) is 11.1. The lowest BCUT2D eigenvalue weighted by atomic mass is 9.76. The summed E-state index contributed by atoms with van der Waals surface area (Å²) < 4.78 is 0. The van der Waals surface area contributed by atoms with Crippen LogP contribution in [0.2, 0.25) is 0 Å². The molecule has 2 saturated carbocycles. The van der Waals surface area contributed by atoms with E-state index < -0.39 is 0 Å². The third kappa shape index (κ3) is 4.51. The summed E-state index contributed by atoms with van der Waals surface area (Å²) in [5, 5.41) is 4.61. The predicted molar refractivity (Wildman–Crippen MR) is 111 cm³/mol. The van der Waals surface area contributed by atoms with Crippen molar-refractivity contribution in [3.63, 3.8) is 0 Å². The Morgan fingerprint density at radius 3 is 2.52 bits per heavy atom. The maximum absolute atomic E-state index is 12.5. The quantitative estimate of drug-likeness (QED) is 0.768. The van der Waals surface area contributed by atoms with Crippen LogP contribution < -0.4 is 5.32 Å². The second-order valence-electron chi connectivity index (χ2n) is 8.86. The van der Waals surface area contributed by atoms with E-state index in [1.165, 1.54) is 36.6 Å². The van der Waals surface area contributed by atoms with Crippen molar-refractivity contribution < 1.29 is 4.79 Å². The summed E-state index contributed by atoms with van der Waals surface area (Å²) in [4.78, 5) is 17.0. The molecule has 2 fully saturated rings. The number of hydrogen-bond acceptors (Lipinski definition) is 2. The Labute approximate surface area is 163 Å². The summed E-state index contributed by atoms with van der Waals surface area (Å²) in [6.45, 7) is 2.32. The van der Waals surface area contributed by atoms with E-state index in [9.17, 15) is 4.79 Å². The van der Waals surface area contributed by atoms with E-state index in [0.717, 1.165) is 43.5 Å². The SMILES string of the molecule is CC1CCC(NC(=O)CC2CCC(c3ccnc4ccccc34)CC2)CC1. The molecule has 0 atom stereocenters. The fraction of sp³-hybridized carbons (Fsp3) is 0.583. The second kappa shape index (κ2) is 8.41. The normalized spacial score (nSPS) is 28.8. The summed E-state index contributed by atoms with van der Waals surface area (Å²) in [5.41, 5.74) is 2.54. The topological polar surface area (TPSA) is 42.0 Å². The number of amides is 1. The molecular weight excluding hydrogens is 332 g/mol. The molecule has 0 unspecified atom stereocenters. The number of para-hydroxylation sites is 1. The Morgan fingerprint density at radius 2 is 1.74 bits per heavy atom. The van der Waals surface area contributed by atoms with Crippen molar-refractivity contribution in [1.29, 1.82) is 0 Å². The Morgan fingerprint density at radius 1 is 1.00 bits per heavy atom. The first-order chi connectivity index (χ1) is 13.2. The molecule has 3 nitrogen and oxygen atoms in total. The van der Waals surface area contributed by atoms with Crippen molar-refractivity contribution in [3.05, 3.63) is 42.1 Å². The fourth-order valence-corrected chi connectivity index (χ4v) is 5.10. The zero-order valence-electron chi connectivity index (χ0n) is 16.5. The minimum absolute atomic E-state index is 0.285. The average Bonchev–Trinajstić information content (AvgIpc) is 2.70. The summed E-state index contributed by atoms with van der Waals surface area (Å²) >= 11 is 0. The molecule has 1 aromatic carbocycles. The third-order valence-corrected chi connectivity index (χ3v) is 6.82. The number of hydrogen-bond donors (Lipinski definition) is 1. The Kier molecular flexibility index (Phi) is 5.75. The van der Waals surface area contributed by atoms with Gasteiger partial charge in [0.05, 0.1) is 5.52 Å². The van der Waals surface area contributed by atoms with Crippen LogP contribution in [-0.2, 0) is 4.79 Å². The van der Waals surface area contributed by atoms with Gasteiger partial charge in [0, 0.05) is 24.0 Å². The van der Waals surface area contributed by atoms with E-state index >= 15 is 0 Å². The minimum Gasteiger partial charge on any atom is -0.353 e. The summed E-state index contributed by atoms with van der Waals surface area (Å²) in [5.74, 6) is 2.28. The van der Waals surface area contributed by atoms with Crippen LogP contribution in [0, 0.1) is 11.8 Å². The van der Waals surface area contributed by atoms with Crippen LogP contribution in [0.15, 0.2) is 36.5 Å². The lowest BCUT2D eigenvalue weighted by Crippen LogP contribution is -2.38. The molecule has 0 radical (unpaired) electrons. The van der Waals surface area contributed by atoms with Crippen molar-refractivity contribution in [2.45, 2.75) is 76.7 Å². The number of pyridine rings is 1. The maximum Gasteiger partial charge on any atom is 0.220 e. The van der Waals surface area contributed by atoms with Gasteiger partial charge in [-0.05, 0) is 86.8 Å². The van der Waals surface area contributed by atoms with Gasteiger partial charge in [0.15, 0.2) is 0 Å². The van der Waals surface area contributed by atoms with Gasteiger partial charge >= 0.3 is 0 Å². The second-order valence-corrected chi connectivity index (χ2v) is 8.86. The largest absolute Gasteiger partial charge is 0.353 e. The lowest BCUT2D eigenvalue weighted by molar-refractivity contribution is -0.123. The molecule has 27 heavy (non-hydrogen) atoms. The molecule has 144 valence electrons. The number of carbonyl (C=O) groups excluding carboxylic acids is 1. The van der Waals surface area contributed by atoms with Crippen molar-refractivity contribution in [2.24, 2.45) is 11.8 Å². The molecule has 0 spiro atoms. The zero-order chi connectivity index (χ0) is 18.6. The van der Waals surface area contributed by atoms with E-state index in [-0.39, 0.29) is 5.91 Å². The van der Waals surface area contributed by atoms with E-state index in [2.05, 4.69) is 47.6 Å². The molecule has 1 N–H and O–H groups in total. The Bertz CT molecular complexity index is 766. The molecule has 2 aliphatic carbocycles. The number of carbonyl (C=O) groups is 1. The smallest absolute Gasteiger partial charge is 0.220 e. The molecule has 1 amide bonds. The number of benzene rings is 1. The predicted octanol–water partition coefficient (Wildman–Crippen LogP) is 5.59. The highest BCUT2D eigenvalue weighted by Crippen LogP contribution is 2.39. The zero-order valence-corrected chi connectivity index (χ0v) is 16.5. The van der Waals surface area contributed by atoms with Crippen molar-refractivity contribution in [3.8, 4) is 0 Å². The number of fused-ring (bicyclic) bond motifs is 1. The lowest BCUT2D eigenvalue weighted by Gasteiger charge is -2.30. The Hall–Kier alpha value is -1.90.